The molecule has 0 radical (unpaired) electrons. The average molecular weight is 702 g/mol. The zero-order chi connectivity index (χ0) is 35.5. The predicted molar refractivity (Wildman–Crippen MR) is 190 cm³/mol. The molecule has 3 aliphatic heterocycles. The molecule has 51 heavy (non-hydrogen) atoms. The third kappa shape index (κ3) is 10.2. The number of hydrogen-bond donors (Lipinski definition) is 4. The quantitative estimate of drug-likeness (QED) is 0.0894. The van der Waals surface area contributed by atoms with E-state index in [0.29, 0.717) is 32.6 Å². The van der Waals surface area contributed by atoms with Crippen molar-refractivity contribution in [2.45, 2.75) is 95.2 Å². The number of aliphatic hydroxyl groups is 1. The van der Waals surface area contributed by atoms with Crippen LogP contribution in [0, 0.1) is 0 Å². The number of benzene rings is 3. The second kappa shape index (κ2) is 18.2. The summed E-state index contributed by atoms with van der Waals surface area (Å²) in [6.45, 7) is 4.34. The van der Waals surface area contributed by atoms with Crippen molar-refractivity contribution in [1.82, 2.24) is 15.7 Å². The van der Waals surface area contributed by atoms with E-state index in [2.05, 4.69) is 40.5 Å². The zero-order valence-electron chi connectivity index (χ0n) is 29.3. The number of amides is 2. The molecule has 274 valence electrons. The van der Waals surface area contributed by atoms with Crippen molar-refractivity contribution in [1.29, 1.82) is 0 Å². The van der Waals surface area contributed by atoms with Gasteiger partial charge in [0.05, 0.1) is 32.0 Å². The molecule has 3 aromatic carbocycles. The van der Waals surface area contributed by atoms with Crippen molar-refractivity contribution in [3.63, 3.8) is 0 Å². The molecule has 0 aliphatic carbocycles. The Morgan fingerprint density at radius 3 is 2.16 bits per heavy atom. The first-order chi connectivity index (χ1) is 24.9. The molecule has 3 unspecified atom stereocenters. The summed E-state index contributed by atoms with van der Waals surface area (Å²) in [7, 11) is 0. The second-order valence-electron chi connectivity index (χ2n) is 13.8. The standard InChI is InChI=1S/C40H51N3O8/c44-28-29-11-13-31(14-12-29)36-25-34(27-43-21-19-40(20-22-43)48-23-24-49-40)50-39(51-36)32-17-15-30(16-18-32)35-8-6-5-7-33(35)26-41-37(45)9-3-1-2-4-10-38(46)42-47/h5-8,11-18,34,36,39,44,47H,1-4,9-10,19-28H2,(H,41,45)(H,42,46). The van der Waals surface area contributed by atoms with Crippen molar-refractivity contribution in [2.24, 2.45) is 0 Å². The molecular formula is C40H51N3O8. The van der Waals surface area contributed by atoms with Crippen LogP contribution >= 0.6 is 0 Å². The van der Waals surface area contributed by atoms with Crippen molar-refractivity contribution in [3.05, 3.63) is 95.1 Å². The fourth-order valence-electron chi connectivity index (χ4n) is 7.22. The van der Waals surface area contributed by atoms with Gasteiger partial charge in [0, 0.05) is 63.8 Å². The van der Waals surface area contributed by atoms with Crippen molar-refractivity contribution >= 4 is 11.8 Å². The zero-order valence-corrected chi connectivity index (χ0v) is 29.3. The highest BCUT2D eigenvalue weighted by Gasteiger charge is 2.41. The molecule has 0 aromatic heterocycles. The number of carbonyl (C=O) groups is 2. The molecule has 1 spiro atoms. The van der Waals surface area contributed by atoms with E-state index in [1.807, 2.05) is 42.5 Å². The van der Waals surface area contributed by atoms with Gasteiger partial charge in [-0.25, -0.2) is 5.48 Å². The number of carbonyl (C=O) groups excluding carboxylic acids is 2. The van der Waals surface area contributed by atoms with Gasteiger partial charge in [-0.3, -0.25) is 14.8 Å². The molecule has 3 atom stereocenters. The largest absolute Gasteiger partial charge is 0.392 e. The average Bonchev–Trinajstić information content (AvgIpc) is 3.64. The number of ether oxygens (including phenoxy) is 4. The van der Waals surface area contributed by atoms with Gasteiger partial charge in [-0.05, 0) is 40.7 Å². The van der Waals surface area contributed by atoms with E-state index in [1.54, 1.807) is 5.48 Å². The fraction of sp³-hybridized carbons (Fsp3) is 0.500. The lowest BCUT2D eigenvalue weighted by molar-refractivity contribution is -0.255. The molecule has 0 saturated carbocycles. The Morgan fingerprint density at radius 2 is 1.47 bits per heavy atom. The Bertz CT molecular complexity index is 1550. The maximum Gasteiger partial charge on any atom is 0.243 e. The first-order valence-electron chi connectivity index (χ1n) is 18.3. The smallest absolute Gasteiger partial charge is 0.243 e. The van der Waals surface area contributed by atoms with Gasteiger partial charge in [0.15, 0.2) is 12.1 Å². The summed E-state index contributed by atoms with van der Waals surface area (Å²) in [6, 6.07) is 24.4. The van der Waals surface area contributed by atoms with Crippen LogP contribution in [0.3, 0.4) is 0 Å². The van der Waals surface area contributed by atoms with Crippen molar-refractivity contribution in [2.75, 3.05) is 32.8 Å². The van der Waals surface area contributed by atoms with Crippen LogP contribution in [0.4, 0.5) is 0 Å². The normalized spacial score (nSPS) is 21.8. The Kier molecular flexibility index (Phi) is 13.2. The van der Waals surface area contributed by atoms with E-state index < -0.39 is 12.1 Å². The third-order valence-electron chi connectivity index (χ3n) is 10.2. The maximum absolute atomic E-state index is 12.6. The van der Waals surface area contributed by atoms with E-state index in [4.69, 9.17) is 24.2 Å². The van der Waals surface area contributed by atoms with Crippen LogP contribution < -0.4 is 10.8 Å². The fourth-order valence-corrected chi connectivity index (χ4v) is 7.22. The Balaban J connectivity index is 1.07. The number of likely N-dealkylation sites (tertiary alicyclic amines) is 1. The number of hydrogen-bond acceptors (Lipinski definition) is 9. The van der Waals surface area contributed by atoms with E-state index >= 15 is 0 Å². The van der Waals surface area contributed by atoms with E-state index in [9.17, 15) is 14.7 Å². The van der Waals surface area contributed by atoms with E-state index in [1.165, 1.54) is 0 Å². The van der Waals surface area contributed by atoms with E-state index in [0.717, 1.165) is 91.5 Å². The third-order valence-corrected chi connectivity index (χ3v) is 10.2. The minimum atomic E-state index is -0.542. The van der Waals surface area contributed by atoms with Crippen molar-refractivity contribution in [3.8, 4) is 11.1 Å². The minimum Gasteiger partial charge on any atom is -0.392 e. The van der Waals surface area contributed by atoms with Gasteiger partial charge >= 0.3 is 0 Å². The van der Waals surface area contributed by atoms with Crippen LogP contribution in [-0.4, -0.2) is 71.8 Å². The topological polar surface area (TPSA) is 139 Å². The highest BCUT2D eigenvalue weighted by Crippen LogP contribution is 2.40. The molecule has 3 aliphatic rings. The molecule has 2 amide bonds. The molecule has 3 fully saturated rings. The van der Waals surface area contributed by atoms with Crippen LogP contribution in [0.15, 0.2) is 72.8 Å². The van der Waals surface area contributed by atoms with Gasteiger partial charge in [0.2, 0.25) is 11.8 Å². The number of nitrogens with one attached hydrogen (secondary N) is 2. The number of aliphatic hydroxyl groups excluding tert-OH is 1. The number of rotatable bonds is 15. The highest BCUT2D eigenvalue weighted by molar-refractivity contribution is 5.76. The molecule has 3 saturated heterocycles. The first-order valence-corrected chi connectivity index (χ1v) is 18.3. The van der Waals surface area contributed by atoms with Crippen molar-refractivity contribution < 1.29 is 38.9 Å². The summed E-state index contributed by atoms with van der Waals surface area (Å²) < 4.78 is 25.1. The minimum absolute atomic E-state index is 0.000722. The summed E-state index contributed by atoms with van der Waals surface area (Å²) in [4.78, 5) is 26.1. The van der Waals surface area contributed by atoms with Gasteiger partial charge in [-0.1, -0.05) is 85.6 Å². The lowest BCUT2D eigenvalue weighted by atomic mass is 9.97. The van der Waals surface area contributed by atoms with Crippen LogP contribution in [0.1, 0.15) is 92.4 Å². The summed E-state index contributed by atoms with van der Waals surface area (Å²) >= 11 is 0. The van der Waals surface area contributed by atoms with Gasteiger partial charge in [0.25, 0.3) is 0 Å². The Hall–Kier alpha value is -3.68. The molecule has 4 N–H and O–H groups in total. The molecule has 3 heterocycles. The second-order valence-corrected chi connectivity index (χ2v) is 13.8. The molecule has 11 heteroatoms. The number of piperidine rings is 1. The molecule has 6 rings (SSSR count). The first kappa shape index (κ1) is 37.1. The van der Waals surface area contributed by atoms with Crippen LogP contribution in [0.2, 0.25) is 0 Å². The number of hydroxylamine groups is 1. The van der Waals surface area contributed by atoms with Crippen LogP contribution in [-0.2, 0) is 41.7 Å². The molecule has 3 aromatic rings. The number of unbranched alkanes of at least 4 members (excludes halogenated alkanes) is 3. The molecule has 0 bridgehead atoms. The van der Waals surface area contributed by atoms with Crippen LogP contribution in [0.5, 0.6) is 0 Å². The van der Waals surface area contributed by atoms with E-state index in [-0.39, 0.29) is 37.0 Å². The summed E-state index contributed by atoms with van der Waals surface area (Å²) in [6.07, 6.45) is 5.53. The lowest BCUT2D eigenvalue weighted by Crippen LogP contribution is -2.48. The van der Waals surface area contributed by atoms with Gasteiger partial charge < -0.3 is 34.3 Å². The van der Waals surface area contributed by atoms with Gasteiger partial charge in [-0.15, -0.1) is 0 Å². The summed E-state index contributed by atoms with van der Waals surface area (Å²) in [5.74, 6) is -0.796. The Labute approximate surface area is 300 Å². The number of nitrogens with zero attached hydrogens (tertiary/aromatic N) is 1. The van der Waals surface area contributed by atoms with Gasteiger partial charge in [-0.2, -0.15) is 0 Å². The van der Waals surface area contributed by atoms with Crippen LogP contribution in [0.25, 0.3) is 11.1 Å². The molecule has 11 nitrogen and oxygen atoms in total. The van der Waals surface area contributed by atoms with Gasteiger partial charge in [0.1, 0.15) is 0 Å². The summed E-state index contributed by atoms with van der Waals surface area (Å²) in [5, 5.41) is 21.2. The lowest BCUT2D eigenvalue weighted by Gasteiger charge is -2.41. The molecular weight excluding hydrogens is 650 g/mol. The maximum atomic E-state index is 12.6. The predicted octanol–water partition coefficient (Wildman–Crippen LogP) is 5.69. The Morgan fingerprint density at radius 1 is 0.804 bits per heavy atom. The monoisotopic (exact) mass is 701 g/mol. The summed E-state index contributed by atoms with van der Waals surface area (Å²) in [5.41, 5.74) is 7.63. The highest BCUT2D eigenvalue weighted by atomic mass is 16.7. The SMILES string of the molecule is O=C(CCCCCCC(=O)NCc1ccccc1-c1ccc(C2OC(CN3CCC4(CC3)OCCO4)CC(c3ccc(CO)cc3)O2)cc1)NO.